The summed E-state index contributed by atoms with van der Waals surface area (Å²) < 4.78 is 0. The second kappa shape index (κ2) is 3.82. The van der Waals surface area contributed by atoms with E-state index in [0.29, 0.717) is 13.0 Å². The van der Waals surface area contributed by atoms with Gasteiger partial charge < -0.3 is 5.11 Å². The first kappa shape index (κ1) is 9.85. The van der Waals surface area contributed by atoms with E-state index < -0.39 is 0 Å². The summed E-state index contributed by atoms with van der Waals surface area (Å²) in [7, 11) is 0. The first-order chi connectivity index (χ1) is 7.20. The fourth-order valence-electron chi connectivity index (χ4n) is 1.61. The number of aliphatic hydroxyl groups is 1. The Kier molecular flexibility index (Phi) is 2.51. The average Bonchev–Trinajstić information content (AvgIpc) is 2.60. The topological polar surface area (TPSA) is 86.3 Å². The molecule has 0 saturated carbocycles. The lowest BCUT2D eigenvalue weighted by atomic mass is 10.1. The highest BCUT2D eigenvalue weighted by molar-refractivity contribution is 5.93. The minimum Gasteiger partial charge on any atom is -0.396 e. The van der Waals surface area contributed by atoms with E-state index in [1.165, 1.54) is 17.2 Å². The van der Waals surface area contributed by atoms with Gasteiger partial charge in [0.1, 0.15) is 0 Å². The van der Waals surface area contributed by atoms with Gasteiger partial charge in [-0.1, -0.05) is 0 Å². The Balaban J connectivity index is 2.25. The van der Waals surface area contributed by atoms with Gasteiger partial charge in [-0.05, 0) is 0 Å². The number of aromatic nitrogens is 2. The molecule has 1 aliphatic rings. The summed E-state index contributed by atoms with van der Waals surface area (Å²) in [5, 5.41) is 8.93. The van der Waals surface area contributed by atoms with Crippen molar-refractivity contribution in [2.24, 2.45) is 5.92 Å². The zero-order valence-electron chi connectivity index (χ0n) is 8.01. The van der Waals surface area contributed by atoms with Gasteiger partial charge in [0.2, 0.25) is 11.9 Å². The van der Waals surface area contributed by atoms with Crippen LogP contribution in [0.4, 0.5) is 5.95 Å². The first-order valence-electron chi connectivity index (χ1n) is 4.67. The van der Waals surface area contributed by atoms with Gasteiger partial charge in [-0.15, -0.1) is 0 Å². The maximum atomic E-state index is 11.5. The fourth-order valence-corrected chi connectivity index (χ4v) is 1.61. The van der Waals surface area contributed by atoms with Crippen molar-refractivity contribution in [3.05, 3.63) is 22.6 Å². The minimum atomic E-state index is -0.291. The number of amides is 1. The van der Waals surface area contributed by atoms with E-state index in [9.17, 15) is 9.59 Å². The van der Waals surface area contributed by atoms with Crippen LogP contribution in [0.2, 0.25) is 0 Å². The molecule has 15 heavy (non-hydrogen) atoms. The van der Waals surface area contributed by atoms with Gasteiger partial charge in [-0.2, -0.15) is 0 Å². The van der Waals surface area contributed by atoms with Crippen molar-refractivity contribution in [2.45, 2.75) is 6.42 Å². The number of rotatable bonds is 2. The highest BCUT2D eigenvalue weighted by atomic mass is 16.3. The Hall–Kier alpha value is -1.69. The van der Waals surface area contributed by atoms with E-state index in [-0.39, 0.29) is 29.9 Å². The quantitative estimate of drug-likeness (QED) is 0.662. The average molecular weight is 209 g/mol. The van der Waals surface area contributed by atoms with E-state index in [0.717, 1.165) is 0 Å². The molecule has 1 saturated heterocycles. The Morgan fingerprint density at radius 2 is 2.40 bits per heavy atom. The van der Waals surface area contributed by atoms with Crippen LogP contribution in [0.3, 0.4) is 0 Å². The Labute approximate surface area is 85.6 Å². The Morgan fingerprint density at radius 3 is 3.00 bits per heavy atom. The molecule has 1 unspecified atom stereocenters. The van der Waals surface area contributed by atoms with E-state index >= 15 is 0 Å². The fraction of sp³-hybridized carbons (Fsp3) is 0.444. The number of aliphatic hydroxyl groups excluding tert-OH is 1. The van der Waals surface area contributed by atoms with Crippen LogP contribution in [0.1, 0.15) is 6.42 Å². The Bertz CT molecular complexity index is 429. The van der Waals surface area contributed by atoms with Crippen LogP contribution >= 0.6 is 0 Å². The smallest absolute Gasteiger partial charge is 0.252 e. The molecule has 0 radical (unpaired) electrons. The van der Waals surface area contributed by atoms with Crippen LogP contribution in [-0.4, -0.2) is 34.1 Å². The number of aromatic amines is 1. The minimum absolute atomic E-state index is 0.0285. The molecule has 1 amide bonds. The standard InChI is InChI=1S/C9H11N3O3/c13-5-6-3-8(15)12(4-6)9-10-2-1-7(14)11-9/h1-2,6,13H,3-5H2,(H,10,11,14). The summed E-state index contributed by atoms with van der Waals surface area (Å²) in [6.07, 6.45) is 1.66. The lowest BCUT2D eigenvalue weighted by Gasteiger charge is -2.13. The maximum Gasteiger partial charge on any atom is 0.252 e. The number of carbonyl (C=O) groups excluding carboxylic acids is 1. The lowest BCUT2D eigenvalue weighted by Crippen LogP contribution is -2.28. The normalized spacial score (nSPS) is 21.0. The molecule has 1 aromatic heterocycles. The third kappa shape index (κ3) is 1.89. The second-order valence-corrected chi connectivity index (χ2v) is 3.51. The molecule has 1 fully saturated rings. The third-order valence-electron chi connectivity index (χ3n) is 2.38. The zero-order valence-corrected chi connectivity index (χ0v) is 8.01. The van der Waals surface area contributed by atoms with Crippen LogP contribution in [0.15, 0.2) is 17.1 Å². The molecule has 0 aliphatic carbocycles. The summed E-state index contributed by atoms with van der Waals surface area (Å²) >= 11 is 0. The molecule has 0 spiro atoms. The number of hydrogen-bond acceptors (Lipinski definition) is 4. The van der Waals surface area contributed by atoms with Crippen molar-refractivity contribution in [1.29, 1.82) is 0 Å². The summed E-state index contributed by atoms with van der Waals surface area (Å²) in [6, 6.07) is 1.29. The van der Waals surface area contributed by atoms with Crippen LogP contribution in [-0.2, 0) is 4.79 Å². The molecule has 6 heteroatoms. The number of H-pyrrole nitrogens is 1. The van der Waals surface area contributed by atoms with Crippen LogP contribution in [0.25, 0.3) is 0 Å². The zero-order chi connectivity index (χ0) is 10.8. The van der Waals surface area contributed by atoms with E-state index in [2.05, 4.69) is 9.97 Å². The molecule has 6 nitrogen and oxygen atoms in total. The summed E-state index contributed by atoms with van der Waals surface area (Å²) in [6.45, 7) is 0.377. The van der Waals surface area contributed by atoms with E-state index in [4.69, 9.17) is 5.11 Å². The summed E-state index contributed by atoms with van der Waals surface area (Å²) in [5.41, 5.74) is -0.291. The van der Waals surface area contributed by atoms with Crippen molar-refractivity contribution in [1.82, 2.24) is 9.97 Å². The highest BCUT2D eigenvalue weighted by Gasteiger charge is 2.31. The summed E-state index contributed by atoms with van der Waals surface area (Å²) in [4.78, 5) is 30.3. The predicted octanol–water partition coefficient (Wildman–Crippen LogP) is -0.885. The highest BCUT2D eigenvalue weighted by Crippen LogP contribution is 2.20. The summed E-state index contributed by atoms with van der Waals surface area (Å²) in [5.74, 6) is 0.0647. The molecule has 1 aliphatic heterocycles. The predicted molar refractivity (Wildman–Crippen MR) is 52.4 cm³/mol. The molecule has 80 valence electrons. The maximum absolute atomic E-state index is 11.5. The van der Waals surface area contributed by atoms with Crippen molar-refractivity contribution in [3.63, 3.8) is 0 Å². The van der Waals surface area contributed by atoms with Crippen molar-refractivity contribution >= 4 is 11.9 Å². The van der Waals surface area contributed by atoms with Crippen molar-refractivity contribution in [3.8, 4) is 0 Å². The number of nitrogens with one attached hydrogen (secondary N) is 1. The molecule has 1 aromatic rings. The van der Waals surface area contributed by atoms with Gasteiger partial charge in [0.05, 0.1) is 0 Å². The molecule has 0 bridgehead atoms. The van der Waals surface area contributed by atoms with Crippen LogP contribution in [0.5, 0.6) is 0 Å². The van der Waals surface area contributed by atoms with E-state index in [1.807, 2.05) is 0 Å². The number of carbonyl (C=O) groups is 1. The van der Waals surface area contributed by atoms with Crippen LogP contribution in [0, 0.1) is 5.92 Å². The lowest BCUT2D eigenvalue weighted by molar-refractivity contribution is -0.117. The van der Waals surface area contributed by atoms with Gasteiger partial charge >= 0.3 is 0 Å². The number of anilines is 1. The van der Waals surface area contributed by atoms with Gasteiger partial charge in [-0.3, -0.25) is 19.5 Å². The Morgan fingerprint density at radius 1 is 1.60 bits per heavy atom. The molecule has 2 rings (SSSR count). The van der Waals surface area contributed by atoms with Gasteiger partial charge in [0, 0.05) is 37.8 Å². The number of hydrogen-bond donors (Lipinski definition) is 2. The molecule has 0 aromatic carbocycles. The molecule has 2 N–H and O–H groups in total. The molecular formula is C9H11N3O3. The van der Waals surface area contributed by atoms with Crippen molar-refractivity contribution in [2.75, 3.05) is 18.1 Å². The van der Waals surface area contributed by atoms with Crippen molar-refractivity contribution < 1.29 is 9.90 Å². The van der Waals surface area contributed by atoms with Crippen LogP contribution < -0.4 is 10.5 Å². The second-order valence-electron chi connectivity index (χ2n) is 3.51. The van der Waals surface area contributed by atoms with E-state index in [1.54, 1.807) is 0 Å². The van der Waals surface area contributed by atoms with Gasteiger partial charge in [0.25, 0.3) is 5.56 Å². The molecule has 1 atom stereocenters. The largest absolute Gasteiger partial charge is 0.396 e. The SMILES string of the molecule is O=C1CC(CO)CN1c1nccc(=O)[nH]1. The molecule has 2 heterocycles. The molecular weight excluding hydrogens is 198 g/mol. The monoisotopic (exact) mass is 209 g/mol. The number of nitrogens with zero attached hydrogens (tertiary/aromatic N) is 2. The third-order valence-corrected chi connectivity index (χ3v) is 2.38. The van der Waals surface area contributed by atoms with Gasteiger partial charge in [-0.25, -0.2) is 4.98 Å². The first-order valence-corrected chi connectivity index (χ1v) is 4.67. The van der Waals surface area contributed by atoms with Gasteiger partial charge in [0.15, 0.2) is 0 Å².